The van der Waals surface area contributed by atoms with Gasteiger partial charge in [0.05, 0.1) is 8.66 Å². The summed E-state index contributed by atoms with van der Waals surface area (Å²) in [4.78, 5) is 5.16. The van der Waals surface area contributed by atoms with E-state index in [0.29, 0.717) is 5.95 Å². The zero-order chi connectivity index (χ0) is 8.55. The fourth-order valence-corrected chi connectivity index (χ4v) is 2.78. The molecular weight excluding hydrogens is 258 g/mol. The highest BCUT2D eigenvalue weighted by Gasteiger charge is 2.05. The van der Waals surface area contributed by atoms with Gasteiger partial charge in [0.1, 0.15) is 0 Å². The molecule has 2 N–H and O–H groups in total. The molecule has 0 amide bonds. The number of aromatic nitrogens is 2. The molecule has 0 aromatic carbocycles. The Hall–Kier alpha value is -0.460. The predicted molar refractivity (Wildman–Crippen MR) is 55.3 cm³/mol. The number of nitrogen functional groups attached to an aromatic ring is 1. The van der Waals surface area contributed by atoms with Crippen LogP contribution in [0.4, 0.5) is 5.95 Å². The van der Waals surface area contributed by atoms with Gasteiger partial charge in [0.2, 0.25) is 5.95 Å². The summed E-state index contributed by atoms with van der Waals surface area (Å²) in [6, 6.07) is 3.98. The molecule has 2 rings (SSSR count). The minimum absolute atomic E-state index is 0.347. The Bertz CT molecular complexity index is 357. The largest absolute Gasteiger partial charge is 0.367 e. The fourth-order valence-electron chi connectivity index (χ4n) is 0.764. The van der Waals surface area contributed by atoms with Crippen LogP contribution in [0.15, 0.2) is 15.9 Å². The maximum atomic E-state index is 5.40. The first kappa shape index (κ1) is 8.15. The van der Waals surface area contributed by atoms with Crippen molar-refractivity contribution in [3.63, 3.8) is 0 Å². The Labute approximate surface area is 85.6 Å². The van der Waals surface area contributed by atoms with E-state index in [2.05, 4.69) is 25.3 Å². The zero-order valence-corrected chi connectivity index (χ0v) is 9.04. The third-order valence-corrected chi connectivity index (χ3v) is 3.75. The molecule has 0 aliphatic heterocycles. The number of hydrogen-bond donors (Lipinski definition) is 1. The number of nitrogens with two attached hydrogens (primary N) is 1. The van der Waals surface area contributed by atoms with E-state index in [-0.39, 0.29) is 0 Å². The highest BCUT2D eigenvalue weighted by molar-refractivity contribution is 9.11. The SMILES string of the molecule is Nc1nsc(-c2ccc(Br)s2)n1. The minimum Gasteiger partial charge on any atom is -0.367 e. The first-order chi connectivity index (χ1) is 5.75. The number of thiophene rings is 1. The molecule has 0 radical (unpaired) electrons. The second-order valence-electron chi connectivity index (χ2n) is 2.06. The van der Waals surface area contributed by atoms with Gasteiger partial charge in [0, 0.05) is 0 Å². The summed E-state index contributed by atoms with van der Waals surface area (Å²) in [5, 5.41) is 0.878. The lowest BCUT2D eigenvalue weighted by Gasteiger charge is -1.83. The third kappa shape index (κ3) is 1.50. The molecule has 0 bridgehead atoms. The summed E-state index contributed by atoms with van der Waals surface area (Å²) in [6.45, 7) is 0. The molecule has 2 heterocycles. The van der Waals surface area contributed by atoms with Crippen LogP contribution < -0.4 is 5.73 Å². The molecule has 12 heavy (non-hydrogen) atoms. The Balaban J connectivity index is 2.43. The summed E-state index contributed by atoms with van der Waals surface area (Å²) in [5.74, 6) is 0.347. The van der Waals surface area contributed by atoms with Gasteiger partial charge in [0.25, 0.3) is 0 Å². The molecule has 6 heteroatoms. The van der Waals surface area contributed by atoms with Gasteiger partial charge < -0.3 is 5.73 Å². The minimum atomic E-state index is 0.347. The maximum Gasteiger partial charge on any atom is 0.232 e. The number of hydrogen-bond acceptors (Lipinski definition) is 5. The Morgan fingerprint density at radius 2 is 2.25 bits per heavy atom. The summed E-state index contributed by atoms with van der Waals surface area (Å²) in [7, 11) is 0. The summed E-state index contributed by atoms with van der Waals surface area (Å²) in [6.07, 6.45) is 0. The summed E-state index contributed by atoms with van der Waals surface area (Å²) < 4.78 is 4.99. The second-order valence-corrected chi connectivity index (χ2v) is 5.28. The molecule has 0 aliphatic rings. The molecular formula is C6H4BrN3S2. The van der Waals surface area contributed by atoms with Crippen molar-refractivity contribution in [2.24, 2.45) is 0 Å². The van der Waals surface area contributed by atoms with Crippen LogP contribution in [0.5, 0.6) is 0 Å². The number of anilines is 1. The van der Waals surface area contributed by atoms with E-state index in [1.54, 1.807) is 11.3 Å². The van der Waals surface area contributed by atoms with E-state index in [9.17, 15) is 0 Å². The molecule has 2 aromatic heterocycles. The Kier molecular flexibility index (Phi) is 2.12. The second kappa shape index (κ2) is 3.12. The van der Waals surface area contributed by atoms with Gasteiger partial charge in [-0.15, -0.1) is 11.3 Å². The third-order valence-electron chi connectivity index (χ3n) is 1.23. The van der Waals surface area contributed by atoms with Crippen molar-refractivity contribution in [3.05, 3.63) is 15.9 Å². The number of rotatable bonds is 1. The smallest absolute Gasteiger partial charge is 0.232 e. The van der Waals surface area contributed by atoms with Crippen LogP contribution in [0.3, 0.4) is 0 Å². The summed E-state index contributed by atoms with van der Waals surface area (Å²) in [5.41, 5.74) is 5.40. The molecule has 0 unspecified atom stereocenters. The average molecular weight is 262 g/mol. The quantitative estimate of drug-likeness (QED) is 0.859. The van der Waals surface area contributed by atoms with Crippen LogP contribution in [-0.4, -0.2) is 9.36 Å². The highest BCUT2D eigenvalue weighted by Crippen LogP contribution is 2.32. The van der Waals surface area contributed by atoms with E-state index in [1.807, 2.05) is 12.1 Å². The van der Waals surface area contributed by atoms with Gasteiger partial charge in [-0.25, -0.2) is 0 Å². The van der Waals surface area contributed by atoms with Crippen LogP contribution in [0.25, 0.3) is 9.88 Å². The van der Waals surface area contributed by atoms with Crippen molar-refractivity contribution in [3.8, 4) is 9.88 Å². The van der Waals surface area contributed by atoms with Gasteiger partial charge in [-0.3, -0.25) is 0 Å². The van der Waals surface area contributed by atoms with Crippen LogP contribution >= 0.6 is 38.8 Å². The monoisotopic (exact) mass is 261 g/mol. The first-order valence-electron chi connectivity index (χ1n) is 3.10. The summed E-state index contributed by atoms with van der Waals surface area (Å²) >= 11 is 6.32. The van der Waals surface area contributed by atoms with Crippen molar-refractivity contribution < 1.29 is 0 Å². The van der Waals surface area contributed by atoms with Crippen LogP contribution in [0.2, 0.25) is 0 Å². The molecule has 0 saturated carbocycles. The molecule has 0 aliphatic carbocycles. The van der Waals surface area contributed by atoms with Crippen LogP contribution in [0.1, 0.15) is 0 Å². The Morgan fingerprint density at radius 1 is 1.42 bits per heavy atom. The molecule has 2 aromatic rings. The highest BCUT2D eigenvalue weighted by atomic mass is 79.9. The molecule has 0 atom stereocenters. The first-order valence-corrected chi connectivity index (χ1v) is 5.49. The lowest BCUT2D eigenvalue weighted by Crippen LogP contribution is -1.84. The predicted octanol–water partition coefficient (Wildman–Crippen LogP) is 2.61. The van der Waals surface area contributed by atoms with Crippen molar-refractivity contribution in [2.75, 3.05) is 5.73 Å². The van der Waals surface area contributed by atoms with E-state index >= 15 is 0 Å². The van der Waals surface area contributed by atoms with Crippen molar-refractivity contribution in [1.29, 1.82) is 0 Å². The lowest BCUT2D eigenvalue weighted by molar-refractivity contribution is 1.35. The Morgan fingerprint density at radius 3 is 2.75 bits per heavy atom. The maximum absolute atomic E-state index is 5.40. The number of nitrogens with zero attached hydrogens (tertiary/aromatic N) is 2. The van der Waals surface area contributed by atoms with Gasteiger partial charge in [-0.2, -0.15) is 9.36 Å². The lowest BCUT2D eigenvalue weighted by atomic mass is 10.5. The van der Waals surface area contributed by atoms with Gasteiger partial charge in [-0.05, 0) is 39.6 Å². The van der Waals surface area contributed by atoms with E-state index in [0.717, 1.165) is 13.7 Å². The molecule has 0 fully saturated rings. The van der Waals surface area contributed by atoms with Crippen molar-refractivity contribution in [1.82, 2.24) is 9.36 Å². The zero-order valence-electron chi connectivity index (χ0n) is 5.82. The van der Waals surface area contributed by atoms with Gasteiger partial charge in [0.15, 0.2) is 5.01 Å². The van der Waals surface area contributed by atoms with Crippen molar-refractivity contribution >= 4 is 44.7 Å². The van der Waals surface area contributed by atoms with E-state index < -0.39 is 0 Å². The van der Waals surface area contributed by atoms with Crippen LogP contribution in [-0.2, 0) is 0 Å². The number of halogens is 1. The fraction of sp³-hybridized carbons (Fsp3) is 0. The molecule has 3 nitrogen and oxygen atoms in total. The normalized spacial score (nSPS) is 10.4. The van der Waals surface area contributed by atoms with E-state index in [1.165, 1.54) is 11.5 Å². The van der Waals surface area contributed by atoms with Crippen molar-refractivity contribution in [2.45, 2.75) is 0 Å². The topological polar surface area (TPSA) is 51.8 Å². The standard InChI is InChI=1S/C6H4BrN3S2/c7-4-2-1-3(11-4)5-9-6(8)10-12-5/h1-2H,(H2,8,10). The molecule has 62 valence electrons. The molecule has 0 saturated heterocycles. The average Bonchev–Trinajstić information content (AvgIpc) is 2.58. The van der Waals surface area contributed by atoms with Gasteiger partial charge >= 0.3 is 0 Å². The van der Waals surface area contributed by atoms with E-state index in [4.69, 9.17) is 5.73 Å². The molecule has 0 spiro atoms. The van der Waals surface area contributed by atoms with Gasteiger partial charge in [-0.1, -0.05) is 0 Å². The van der Waals surface area contributed by atoms with Crippen LogP contribution in [0, 0.1) is 0 Å².